The number of rotatable bonds is 7. The van der Waals surface area contributed by atoms with E-state index in [4.69, 9.17) is 19.4 Å². The lowest BCUT2D eigenvalue weighted by atomic mass is 9.83. The second-order valence-electron chi connectivity index (χ2n) is 7.18. The molecular weight excluding hydrogens is 368 g/mol. The van der Waals surface area contributed by atoms with Gasteiger partial charge in [-0.1, -0.05) is 49.7 Å². The van der Waals surface area contributed by atoms with E-state index in [0.29, 0.717) is 6.61 Å². The van der Waals surface area contributed by atoms with E-state index in [1.807, 2.05) is 55.5 Å². The van der Waals surface area contributed by atoms with E-state index in [0.717, 1.165) is 45.9 Å². The van der Waals surface area contributed by atoms with Crippen molar-refractivity contribution < 1.29 is 18.5 Å². The molecule has 0 aliphatic carbocycles. The predicted molar refractivity (Wildman–Crippen MR) is 111 cm³/mol. The molecule has 0 aliphatic rings. The Morgan fingerprint density at radius 1 is 1.00 bits per heavy atom. The van der Waals surface area contributed by atoms with E-state index < -0.39 is 11.6 Å². The fraction of sp³-hybridized carbons (Fsp3) is 0.261. The minimum absolute atomic E-state index is 0.376. The molecule has 0 radical (unpaired) electrons. The predicted octanol–water partition coefficient (Wildman–Crippen LogP) is 5.55. The highest BCUT2D eigenvalue weighted by atomic mass is 16.7. The number of nitrogens with two attached hydrogens (primary N) is 1. The third kappa shape index (κ3) is 3.15. The summed E-state index contributed by atoms with van der Waals surface area (Å²) >= 11 is 0. The van der Waals surface area contributed by atoms with Crippen LogP contribution in [0.4, 0.5) is 4.79 Å². The number of carbonyl (C=O) groups is 1. The van der Waals surface area contributed by atoms with Crippen LogP contribution in [0.15, 0.2) is 69.9 Å². The van der Waals surface area contributed by atoms with Crippen molar-refractivity contribution in [2.45, 2.75) is 32.2 Å². The highest BCUT2D eigenvalue weighted by molar-refractivity contribution is 5.88. The molecule has 0 saturated carbocycles. The lowest BCUT2D eigenvalue weighted by Gasteiger charge is -2.38. The van der Waals surface area contributed by atoms with E-state index in [1.165, 1.54) is 5.06 Å². The SMILES string of the molecule is CCCCON(C(N)=O)C(C)(c1coc2ccccc12)c1coc2ccccc12. The molecule has 4 rings (SSSR count). The number of primary amides is 1. The van der Waals surface area contributed by atoms with E-state index in [1.54, 1.807) is 12.5 Å². The summed E-state index contributed by atoms with van der Waals surface area (Å²) in [4.78, 5) is 18.5. The first kappa shape index (κ1) is 19.1. The number of furan rings is 2. The number of nitrogens with zero attached hydrogens (tertiary/aromatic N) is 1. The van der Waals surface area contributed by atoms with Gasteiger partial charge in [0.1, 0.15) is 16.7 Å². The van der Waals surface area contributed by atoms with Gasteiger partial charge in [-0.25, -0.2) is 4.79 Å². The van der Waals surface area contributed by atoms with Gasteiger partial charge in [-0.3, -0.25) is 4.84 Å². The topological polar surface area (TPSA) is 81.8 Å². The summed E-state index contributed by atoms with van der Waals surface area (Å²) in [6.07, 6.45) is 5.06. The quantitative estimate of drug-likeness (QED) is 0.330. The summed E-state index contributed by atoms with van der Waals surface area (Å²) in [5.41, 5.74) is 7.74. The van der Waals surface area contributed by atoms with E-state index in [9.17, 15) is 4.79 Å². The first-order chi connectivity index (χ1) is 14.1. The van der Waals surface area contributed by atoms with Crippen LogP contribution in [-0.2, 0) is 10.4 Å². The van der Waals surface area contributed by atoms with Crippen LogP contribution in [0.5, 0.6) is 0 Å². The number of fused-ring (bicyclic) bond motifs is 2. The van der Waals surface area contributed by atoms with E-state index in [-0.39, 0.29) is 0 Å². The molecule has 2 amide bonds. The molecular formula is C23H24N2O4. The molecule has 29 heavy (non-hydrogen) atoms. The summed E-state index contributed by atoms with van der Waals surface area (Å²) in [5.74, 6) is 0. The van der Waals surface area contributed by atoms with Crippen LogP contribution in [0, 0.1) is 0 Å². The number of benzene rings is 2. The van der Waals surface area contributed by atoms with E-state index in [2.05, 4.69) is 6.92 Å². The van der Waals surface area contributed by atoms with Crippen molar-refractivity contribution in [3.8, 4) is 0 Å². The number of unbranched alkanes of at least 4 members (excludes halogenated alkanes) is 1. The maximum Gasteiger partial charge on any atom is 0.339 e. The fourth-order valence-corrected chi connectivity index (χ4v) is 3.79. The Labute approximate surface area is 168 Å². The smallest absolute Gasteiger partial charge is 0.339 e. The number of amides is 2. The molecule has 0 atom stereocenters. The zero-order chi connectivity index (χ0) is 20.4. The van der Waals surface area contributed by atoms with Gasteiger partial charge < -0.3 is 14.6 Å². The van der Waals surface area contributed by atoms with Gasteiger partial charge in [0.25, 0.3) is 0 Å². The van der Waals surface area contributed by atoms with Crippen molar-refractivity contribution >= 4 is 28.0 Å². The third-order valence-electron chi connectivity index (χ3n) is 5.34. The van der Waals surface area contributed by atoms with Crippen molar-refractivity contribution in [1.29, 1.82) is 0 Å². The molecule has 4 aromatic rings. The first-order valence-corrected chi connectivity index (χ1v) is 9.73. The van der Waals surface area contributed by atoms with Gasteiger partial charge in [0.2, 0.25) is 0 Å². The Balaban J connectivity index is 1.96. The van der Waals surface area contributed by atoms with Gasteiger partial charge in [-0.05, 0) is 25.5 Å². The number of hydroxylamine groups is 2. The molecule has 6 nitrogen and oxygen atoms in total. The molecule has 0 aliphatic heterocycles. The lowest BCUT2D eigenvalue weighted by molar-refractivity contribution is -0.166. The van der Waals surface area contributed by atoms with E-state index >= 15 is 0 Å². The maximum absolute atomic E-state index is 12.6. The average Bonchev–Trinajstić information content (AvgIpc) is 3.35. The first-order valence-electron chi connectivity index (χ1n) is 9.73. The van der Waals surface area contributed by atoms with Gasteiger partial charge in [0.05, 0.1) is 19.1 Å². The minimum Gasteiger partial charge on any atom is -0.464 e. The molecule has 0 unspecified atom stereocenters. The van der Waals surface area contributed by atoms with Crippen molar-refractivity contribution in [3.05, 3.63) is 72.2 Å². The van der Waals surface area contributed by atoms with Gasteiger partial charge in [0.15, 0.2) is 0 Å². The maximum atomic E-state index is 12.6. The zero-order valence-corrected chi connectivity index (χ0v) is 16.6. The molecule has 0 spiro atoms. The van der Waals surface area contributed by atoms with Crippen molar-refractivity contribution in [1.82, 2.24) is 5.06 Å². The molecule has 2 N–H and O–H groups in total. The van der Waals surface area contributed by atoms with Gasteiger partial charge in [-0.2, -0.15) is 5.06 Å². The van der Waals surface area contributed by atoms with Crippen LogP contribution in [0.2, 0.25) is 0 Å². The molecule has 2 aromatic carbocycles. The zero-order valence-electron chi connectivity index (χ0n) is 16.6. The Morgan fingerprint density at radius 2 is 1.52 bits per heavy atom. The molecule has 0 saturated heterocycles. The molecule has 2 heterocycles. The van der Waals surface area contributed by atoms with Crippen LogP contribution >= 0.6 is 0 Å². The standard InChI is InChI=1S/C23H24N2O4/c1-3-4-13-29-25(22(24)26)23(2,18-14-27-20-11-7-5-9-16(18)20)19-15-28-21-12-8-6-10-17(19)21/h5-12,14-15H,3-4,13H2,1-2H3,(H2,24,26). The Morgan fingerprint density at radius 3 is 2.00 bits per heavy atom. The van der Waals surface area contributed by atoms with Crippen LogP contribution in [-0.4, -0.2) is 17.7 Å². The average molecular weight is 392 g/mol. The number of carbonyl (C=O) groups excluding carboxylic acids is 1. The molecule has 2 aromatic heterocycles. The third-order valence-corrected chi connectivity index (χ3v) is 5.34. The minimum atomic E-state index is -1.06. The van der Waals surface area contributed by atoms with Gasteiger partial charge in [0, 0.05) is 21.9 Å². The number of para-hydroxylation sites is 2. The summed E-state index contributed by atoms with van der Waals surface area (Å²) in [6.45, 7) is 4.34. The Kier molecular flexibility index (Phi) is 5.03. The van der Waals surface area contributed by atoms with Gasteiger partial charge >= 0.3 is 6.03 Å². The number of hydrogen-bond acceptors (Lipinski definition) is 4. The molecule has 0 bridgehead atoms. The van der Waals surface area contributed by atoms with Crippen LogP contribution in [0.1, 0.15) is 37.8 Å². The number of hydrogen-bond donors (Lipinski definition) is 1. The highest BCUT2D eigenvalue weighted by Crippen LogP contribution is 2.43. The highest BCUT2D eigenvalue weighted by Gasteiger charge is 2.44. The second-order valence-corrected chi connectivity index (χ2v) is 7.18. The Bertz CT molecular complexity index is 1070. The van der Waals surface area contributed by atoms with Gasteiger partial charge in [-0.15, -0.1) is 0 Å². The van der Waals surface area contributed by atoms with Crippen molar-refractivity contribution in [2.75, 3.05) is 6.61 Å². The number of urea groups is 1. The van der Waals surface area contributed by atoms with Crippen LogP contribution in [0.3, 0.4) is 0 Å². The molecule has 150 valence electrons. The summed E-state index contributed by atoms with van der Waals surface area (Å²) in [7, 11) is 0. The summed E-state index contributed by atoms with van der Waals surface area (Å²) in [5, 5.41) is 3.01. The largest absolute Gasteiger partial charge is 0.464 e. The summed E-state index contributed by atoms with van der Waals surface area (Å²) < 4.78 is 11.6. The second kappa shape index (κ2) is 7.64. The monoisotopic (exact) mass is 392 g/mol. The molecule has 0 fully saturated rings. The van der Waals surface area contributed by atoms with Crippen molar-refractivity contribution in [2.24, 2.45) is 5.73 Å². The lowest BCUT2D eigenvalue weighted by Crippen LogP contribution is -2.50. The van der Waals surface area contributed by atoms with Crippen LogP contribution in [0.25, 0.3) is 21.9 Å². The normalized spacial score (nSPS) is 11.9. The molecule has 6 heteroatoms. The van der Waals surface area contributed by atoms with Crippen LogP contribution < -0.4 is 5.73 Å². The van der Waals surface area contributed by atoms with Crippen molar-refractivity contribution in [3.63, 3.8) is 0 Å². The summed E-state index contributed by atoms with van der Waals surface area (Å²) in [6, 6.07) is 14.7. The Hall–Kier alpha value is -3.25. The fourth-order valence-electron chi connectivity index (χ4n) is 3.79.